The minimum atomic E-state index is -4.44. The number of quaternary nitrogens is 1. The highest BCUT2D eigenvalue weighted by Gasteiger charge is 2.27. The van der Waals surface area contributed by atoms with Crippen molar-refractivity contribution in [1.82, 2.24) is 0 Å². The molecule has 0 aliphatic carbocycles. The second kappa shape index (κ2) is 40.7. The number of nitrogens with zero attached hydrogens (tertiary/aromatic N) is 1. The van der Waals surface area contributed by atoms with Crippen LogP contribution in [0.4, 0.5) is 0 Å². The van der Waals surface area contributed by atoms with E-state index in [1.807, 2.05) is 51.5 Å². The molecule has 0 radical (unpaired) electrons. The molecule has 0 rings (SSSR count). The van der Waals surface area contributed by atoms with Crippen LogP contribution >= 0.6 is 7.82 Å². The van der Waals surface area contributed by atoms with Gasteiger partial charge in [-0.05, 0) is 83.5 Å². The van der Waals surface area contributed by atoms with Gasteiger partial charge < -0.3 is 24.0 Å². The first-order valence-corrected chi connectivity index (χ1v) is 24.2. The molecule has 11 heteroatoms. The minimum absolute atomic E-state index is 0.0103. The largest absolute Gasteiger partial charge is 0.472 e. The van der Waals surface area contributed by atoms with E-state index in [9.17, 15) is 24.2 Å². The average molecular weight is 873 g/mol. The van der Waals surface area contributed by atoms with Crippen LogP contribution in [0.3, 0.4) is 0 Å². The summed E-state index contributed by atoms with van der Waals surface area (Å²) in [6, 6.07) is 0. The van der Waals surface area contributed by atoms with Gasteiger partial charge >= 0.3 is 19.8 Å². The maximum Gasteiger partial charge on any atom is 0.472 e. The Kier molecular flexibility index (Phi) is 38.4. The monoisotopic (exact) mass is 873 g/mol. The van der Waals surface area contributed by atoms with Crippen LogP contribution in [-0.2, 0) is 32.7 Å². The van der Waals surface area contributed by atoms with Crippen molar-refractivity contribution < 1.29 is 47.2 Å². The summed E-state index contributed by atoms with van der Waals surface area (Å²) in [7, 11) is 1.34. The maximum absolute atomic E-state index is 12.7. The molecule has 3 atom stereocenters. The van der Waals surface area contributed by atoms with Gasteiger partial charge in [0.25, 0.3) is 0 Å². The van der Waals surface area contributed by atoms with Crippen molar-refractivity contribution >= 4 is 19.8 Å². The number of aliphatic hydroxyl groups is 1. The lowest BCUT2D eigenvalue weighted by atomic mass is 10.2. The second-order valence-corrected chi connectivity index (χ2v) is 17.4. The van der Waals surface area contributed by atoms with Crippen molar-refractivity contribution in [3.63, 3.8) is 0 Å². The van der Waals surface area contributed by atoms with Gasteiger partial charge in [-0.25, -0.2) is 4.57 Å². The zero-order valence-corrected chi connectivity index (χ0v) is 39.4. The summed E-state index contributed by atoms with van der Waals surface area (Å²) in [6.45, 7) is 4.08. The van der Waals surface area contributed by atoms with Crippen LogP contribution in [0.15, 0.2) is 109 Å². The van der Waals surface area contributed by atoms with Crippen LogP contribution < -0.4 is 0 Å². The van der Waals surface area contributed by atoms with Crippen LogP contribution in [0.2, 0.25) is 0 Å². The third kappa shape index (κ3) is 44.5. The number of hydrogen-bond acceptors (Lipinski definition) is 8. The number of unbranched alkanes of at least 4 members (excludes halogenated alkanes) is 7. The Morgan fingerprint density at radius 1 is 0.590 bits per heavy atom. The molecular weight excluding hydrogens is 790 g/mol. The van der Waals surface area contributed by atoms with Crippen molar-refractivity contribution in [3.05, 3.63) is 109 Å². The Hall–Kier alpha value is -3.37. The third-order valence-corrected chi connectivity index (χ3v) is 9.85. The zero-order valence-electron chi connectivity index (χ0n) is 38.5. The van der Waals surface area contributed by atoms with E-state index in [0.29, 0.717) is 36.7 Å². The number of hydrogen-bond donors (Lipinski definition) is 2. The number of aliphatic hydroxyl groups excluding tert-OH is 1. The fourth-order valence-corrected chi connectivity index (χ4v) is 5.99. The lowest BCUT2D eigenvalue weighted by Crippen LogP contribution is -2.37. The van der Waals surface area contributed by atoms with Crippen LogP contribution in [0.1, 0.15) is 136 Å². The molecule has 0 saturated carbocycles. The highest BCUT2D eigenvalue weighted by molar-refractivity contribution is 7.47. The molecule has 61 heavy (non-hydrogen) atoms. The van der Waals surface area contributed by atoms with Crippen molar-refractivity contribution in [3.8, 4) is 0 Å². The number of esters is 2. The predicted molar refractivity (Wildman–Crippen MR) is 253 cm³/mol. The normalized spacial score (nSPS) is 15.1. The first-order valence-electron chi connectivity index (χ1n) is 22.7. The minimum Gasteiger partial charge on any atom is -0.462 e. The number of allylic oxidation sites excluding steroid dienone is 16. The lowest BCUT2D eigenvalue weighted by molar-refractivity contribution is -0.870. The topological polar surface area (TPSA) is 129 Å². The van der Waals surface area contributed by atoms with E-state index in [1.165, 1.54) is 44.9 Å². The molecule has 10 nitrogen and oxygen atoms in total. The van der Waals surface area contributed by atoms with Gasteiger partial charge in [-0.2, -0.15) is 0 Å². The summed E-state index contributed by atoms with van der Waals surface area (Å²) >= 11 is 0. The average Bonchev–Trinajstić information content (AvgIpc) is 3.21. The fourth-order valence-electron chi connectivity index (χ4n) is 5.24. The fraction of sp³-hybridized carbons (Fsp3) is 0.600. The van der Waals surface area contributed by atoms with E-state index < -0.39 is 38.6 Å². The Morgan fingerprint density at radius 2 is 1.10 bits per heavy atom. The predicted octanol–water partition coefficient (Wildman–Crippen LogP) is 12.1. The molecule has 2 N–H and O–H groups in total. The number of phosphoric acid groups is 1. The van der Waals surface area contributed by atoms with Crippen LogP contribution in [-0.4, -0.2) is 86.1 Å². The van der Waals surface area contributed by atoms with E-state index in [2.05, 4.69) is 80.7 Å². The molecule has 346 valence electrons. The molecule has 0 aliphatic rings. The van der Waals surface area contributed by atoms with Crippen LogP contribution in [0.5, 0.6) is 0 Å². The maximum atomic E-state index is 12.7. The van der Waals surface area contributed by atoms with Gasteiger partial charge in [0.15, 0.2) is 6.10 Å². The summed E-state index contributed by atoms with van der Waals surface area (Å²) in [6.07, 6.45) is 51.8. The summed E-state index contributed by atoms with van der Waals surface area (Å²) in [4.78, 5) is 35.3. The van der Waals surface area contributed by atoms with Gasteiger partial charge in [-0.1, -0.05) is 149 Å². The molecule has 0 saturated heterocycles. The number of phosphoric ester groups is 1. The van der Waals surface area contributed by atoms with E-state index in [-0.39, 0.29) is 26.1 Å². The van der Waals surface area contributed by atoms with E-state index in [0.717, 1.165) is 38.5 Å². The van der Waals surface area contributed by atoms with Crippen LogP contribution in [0.25, 0.3) is 0 Å². The van der Waals surface area contributed by atoms with Crippen molar-refractivity contribution in [2.24, 2.45) is 0 Å². The van der Waals surface area contributed by atoms with Crippen molar-refractivity contribution in [2.75, 3.05) is 47.5 Å². The number of ether oxygens (including phenoxy) is 2. The van der Waals surface area contributed by atoms with Gasteiger partial charge in [-0.15, -0.1) is 0 Å². The van der Waals surface area contributed by atoms with Crippen LogP contribution in [0, 0.1) is 0 Å². The molecule has 0 aromatic rings. The summed E-state index contributed by atoms with van der Waals surface area (Å²) < 4.78 is 34.1. The Labute approximate surface area is 370 Å². The number of likely N-dealkylation sites (N-methyl/N-ethyl adjacent to an activating group) is 1. The number of rotatable bonds is 39. The Morgan fingerprint density at radius 3 is 1.64 bits per heavy atom. The smallest absolute Gasteiger partial charge is 0.462 e. The van der Waals surface area contributed by atoms with Gasteiger partial charge in [0, 0.05) is 12.8 Å². The molecule has 2 unspecified atom stereocenters. The first-order chi connectivity index (χ1) is 29.4. The molecule has 0 aromatic carbocycles. The van der Waals surface area contributed by atoms with E-state index in [4.69, 9.17) is 18.5 Å². The molecular formula is C50H83NO9P+. The standard InChI is InChI=1S/C50H82NO9P/c1-6-8-10-12-14-16-17-18-19-20-21-22-23-24-25-27-29-33-38-42-50(54)60-48(46-59-61(55,56)58-44-43-51(3,4)5)45-57-49(53)41-37-34-30-32-36-40-47(52)39-35-31-28-26-15-13-11-9-7-2/h14-16,18-19,21-22,24-26,29-33,35-36,40,47-48,52H,6-13,17,20,23,27-28,34,37-39,41-46H2,1-5H3/p+1/b16-14-,19-18-,22-21-,25-24-,26-15-,32-30+,33-29-,35-31-,40-36-/t47?,48-/m1/s1. The summed E-state index contributed by atoms with van der Waals surface area (Å²) in [5, 5.41) is 10.1. The molecule has 0 heterocycles. The lowest BCUT2D eigenvalue weighted by Gasteiger charge is -2.24. The molecule has 0 bridgehead atoms. The first kappa shape index (κ1) is 57.6. The van der Waals surface area contributed by atoms with E-state index >= 15 is 0 Å². The Bertz CT molecular complexity index is 1420. The third-order valence-electron chi connectivity index (χ3n) is 8.87. The number of carbonyl (C=O) groups is 2. The number of carbonyl (C=O) groups excluding carboxylic acids is 2. The van der Waals surface area contributed by atoms with Gasteiger partial charge in [0.1, 0.15) is 19.8 Å². The Balaban J connectivity index is 4.67. The SMILES string of the molecule is CCCCC/C=C\C/C=C\C/C=C\C/C=C\C/C=C\CCC(=O)O[C@H](COC(=O)CCC/C=C/C=C\C(O)C/C=C\C/C=C\CCCCC)COP(=O)(O)OCC[N+](C)(C)C. The highest BCUT2D eigenvalue weighted by Crippen LogP contribution is 2.43. The second-order valence-electron chi connectivity index (χ2n) is 15.9. The molecule has 0 amide bonds. The van der Waals surface area contributed by atoms with Crippen molar-refractivity contribution in [2.45, 2.75) is 148 Å². The summed E-state index contributed by atoms with van der Waals surface area (Å²) in [5.74, 6) is -1.04. The van der Waals surface area contributed by atoms with Gasteiger partial charge in [-0.3, -0.25) is 18.6 Å². The van der Waals surface area contributed by atoms with Gasteiger partial charge in [0.2, 0.25) is 0 Å². The van der Waals surface area contributed by atoms with E-state index in [1.54, 1.807) is 12.2 Å². The summed E-state index contributed by atoms with van der Waals surface area (Å²) in [5.41, 5.74) is 0. The molecule has 0 spiro atoms. The van der Waals surface area contributed by atoms with Crippen molar-refractivity contribution in [1.29, 1.82) is 0 Å². The highest BCUT2D eigenvalue weighted by atomic mass is 31.2. The molecule has 0 fully saturated rings. The molecule has 0 aromatic heterocycles. The zero-order chi connectivity index (χ0) is 45.1. The van der Waals surface area contributed by atoms with Gasteiger partial charge in [0.05, 0.1) is 33.9 Å². The molecule has 0 aliphatic heterocycles. The quantitative estimate of drug-likeness (QED) is 0.0155.